The zero-order chi connectivity index (χ0) is 14.0. The molecule has 0 radical (unpaired) electrons. The number of aliphatic hydroxyl groups is 1. The summed E-state index contributed by atoms with van der Waals surface area (Å²) in [7, 11) is 0. The minimum atomic E-state index is -4.53. The van der Waals surface area contributed by atoms with Crippen molar-refractivity contribution in [1.82, 2.24) is 14.8 Å². The normalized spacial score (nSPS) is 13.5. The molecule has 0 fully saturated rings. The zero-order valence-corrected chi connectivity index (χ0v) is 10.1. The average Bonchev–Trinajstić information content (AvgIpc) is 2.85. The Bertz CT molecular complexity index is 565. The molecule has 1 N–H and O–H groups in total. The number of alkyl halides is 3. The van der Waals surface area contributed by atoms with E-state index in [9.17, 15) is 18.3 Å². The summed E-state index contributed by atoms with van der Waals surface area (Å²) in [6, 6.07) is 0.850. The maximum Gasteiger partial charge on any atom is 0.416 e. The van der Waals surface area contributed by atoms with E-state index in [1.807, 2.05) is 6.92 Å². The molecule has 102 valence electrons. The topological polar surface area (TPSA) is 50.9 Å². The van der Waals surface area contributed by atoms with Crippen LogP contribution in [0.15, 0.2) is 30.9 Å². The van der Waals surface area contributed by atoms with Crippen LogP contribution in [0.5, 0.6) is 0 Å². The van der Waals surface area contributed by atoms with Crippen LogP contribution in [0.3, 0.4) is 0 Å². The largest absolute Gasteiger partial charge is 0.416 e. The monoisotopic (exact) mass is 271 g/mol. The van der Waals surface area contributed by atoms with Crippen LogP contribution < -0.4 is 0 Å². The first kappa shape index (κ1) is 13.5. The minimum Gasteiger partial charge on any atom is -0.383 e. The number of rotatable bonds is 3. The molecule has 0 saturated heterocycles. The van der Waals surface area contributed by atoms with E-state index in [1.54, 1.807) is 0 Å². The molecule has 1 atom stereocenters. The molecule has 19 heavy (non-hydrogen) atoms. The van der Waals surface area contributed by atoms with Crippen molar-refractivity contribution >= 4 is 0 Å². The summed E-state index contributed by atoms with van der Waals surface area (Å²) in [5.41, 5.74) is -0.856. The van der Waals surface area contributed by atoms with E-state index in [4.69, 9.17) is 0 Å². The van der Waals surface area contributed by atoms with Crippen molar-refractivity contribution < 1.29 is 18.3 Å². The van der Waals surface area contributed by atoms with Gasteiger partial charge in [0, 0.05) is 36.3 Å². The van der Waals surface area contributed by atoms with Gasteiger partial charge in [0.05, 0.1) is 11.8 Å². The van der Waals surface area contributed by atoms with Gasteiger partial charge in [-0.1, -0.05) is 0 Å². The number of pyridine rings is 1. The van der Waals surface area contributed by atoms with Crippen LogP contribution in [0.2, 0.25) is 0 Å². The smallest absolute Gasteiger partial charge is 0.383 e. The number of nitrogens with zero attached hydrogens (tertiary/aromatic N) is 3. The fourth-order valence-electron chi connectivity index (χ4n) is 1.76. The standard InChI is InChI=1S/C12H12F3N3O/c1-2-18-7-8(5-17-18)11(19)9-6-16-4-3-10(9)12(13,14)15/h3-7,11,19H,2H2,1H3. The number of aliphatic hydroxyl groups excluding tert-OH is 1. The van der Waals surface area contributed by atoms with Crippen LogP contribution in [-0.2, 0) is 12.7 Å². The molecule has 0 aromatic carbocycles. The van der Waals surface area contributed by atoms with Crippen LogP contribution in [-0.4, -0.2) is 19.9 Å². The van der Waals surface area contributed by atoms with E-state index in [1.165, 1.54) is 17.1 Å². The minimum absolute atomic E-state index is 0.273. The molecule has 0 amide bonds. The summed E-state index contributed by atoms with van der Waals surface area (Å²) in [6.07, 6.45) is -0.990. The van der Waals surface area contributed by atoms with Gasteiger partial charge in [0.15, 0.2) is 0 Å². The van der Waals surface area contributed by atoms with E-state index in [2.05, 4.69) is 10.1 Å². The quantitative estimate of drug-likeness (QED) is 0.932. The molecule has 0 aliphatic heterocycles. The van der Waals surface area contributed by atoms with Crippen molar-refractivity contribution in [2.24, 2.45) is 0 Å². The molecule has 0 aliphatic rings. The lowest BCUT2D eigenvalue weighted by atomic mass is 10.0. The highest BCUT2D eigenvalue weighted by atomic mass is 19.4. The molecule has 1 unspecified atom stereocenters. The van der Waals surface area contributed by atoms with Crippen molar-refractivity contribution in [3.63, 3.8) is 0 Å². The fourth-order valence-corrected chi connectivity index (χ4v) is 1.76. The van der Waals surface area contributed by atoms with Crippen molar-refractivity contribution in [2.45, 2.75) is 25.7 Å². The van der Waals surface area contributed by atoms with Gasteiger partial charge in [0.25, 0.3) is 0 Å². The summed E-state index contributed by atoms with van der Waals surface area (Å²) < 4.78 is 40.0. The second kappa shape index (κ2) is 5.00. The van der Waals surface area contributed by atoms with Crippen LogP contribution in [0.25, 0.3) is 0 Å². The van der Waals surface area contributed by atoms with Crippen molar-refractivity contribution in [3.8, 4) is 0 Å². The highest BCUT2D eigenvalue weighted by molar-refractivity contribution is 5.33. The van der Waals surface area contributed by atoms with Gasteiger partial charge in [-0.25, -0.2) is 0 Å². The van der Waals surface area contributed by atoms with Gasteiger partial charge < -0.3 is 5.11 Å². The van der Waals surface area contributed by atoms with E-state index >= 15 is 0 Å². The zero-order valence-electron chi connectivity index (χ0n) is 10.1. The Kier molecular flexibility index (Phi) is 3.57. The second-order valence-electron chi connectivity index (χ2n) is 3.99. The fraction of sp³-hybridized carbons (Fsp3) is 0.333. The molecule has 2 rings (SSSR count). The number of halogens is 3. The molecular weight excluding hydrogens is 259 g/mol. The maximum absolute atomic E-state index is 12.8. The number of aromatic nitrogens is 3. The molecule has 0 spiro atoms. The van der Waals surface area contributed by atoms with Gasteiger partial charge >= 0.3 is 6.18 Å². The Labute approximate surface area is 107 Å². The molecule has 4 nitrogen and oxygen atoms in total. The van der Waals surface area contributed by atoms with Gasteiger partial charge in [0.1, 0.15) is 6.10 Å². The van der Waals surface area contributed by atoms with Gasteiger partial charge in [-0.05, 0) is 13.0 Å². The number of aryl methyl sites for hydroxylation is 1. The number of hydrogen-bond donors (Lipinski definition) is 1. The summed E-state index contributed by atoms with van der Waals surface area (Å²) in [5.74, 6) is 0. The van der Waals surface area contributed by atoms with Crippen molar-refractivity contribution in [2.75, 3.05) is 0 Å². The number of hydrogen-bond acceptors (Lipinski definition) is 3. The highest BCUT2D eigenvalue weighted by Gasteiger charge is 2.35. The van der Waals surface area contributed by atoms with Gasteiger partial charge in [-0.2, -0.15) is 18.3 Å². The molecule has 7 heteroatoms. The van der Waals surface area contributed by atoms with Crippen LogP contribution >= 0.6 is 0 Å². The lowest BCUT2D eigenvalue weighted by Crippen LogP contribution is -2.13. The predicted octanol–water partition coefficient (Wildman–Crippen LogP) is 2.40. The molecule has 0 saturated carbocycles. The van der Waals surface area contributed by atoms with E-state index in [-0.39, 0.29) is 5.56 Å². The first-order chi connectivity index (χ1) is 8.93. The Hall–Kier alpha value is -1.89. The summed E-state index contributed by atoms with van der Waals surface area (Å²) in [5, 5.41) is 14.0. The second-order valence-corrected chi connectivity index (χ2v) is 3.99. The Morgan fingerprint density at radius 1 is 1.37 bits per heavy atom. The van der Waals surface area contributed by atoms with Gasteiger partial charge in [-0.3, -0.25) is 9.67 Å². The SMILES string of the molecule is CCn1cc(C(O)c2cnccc2C(F)(F)F)cn1. The third-order valence-electron chi connectivity index (χ3n) is 2.74. The summed E-state index contributed by atoms with van der Waals surface area (Å²) in [6.45, 7) is 2.42. The van der Waals surface area contributed by atoms with E-state index in [0.29, 0.717) is 12.1 Å². The lowest BCUT2D eigenvalue weighted by Gasteiger charge is -2.15. The Morgan fingerprint density at radius 3 is 2.68 bits per heavy atom. The summed E-state index contributed by atoms with van der Waals surface area (Å²) in [4.78, 5) is 3.65. The third kappa shape index (κ3) is 2.76. The molecule has 2 aromatic rings. The molecular formula is C12H12F3N3O. The van der Waals surface area contributed by atoms with E-state index < -0.39 is 17.8 Å². The average molecular weight is 271 g/mol. The maximum atomic E-state index is 12.8. The van der Waals surface area contributed by atoms with Crippen LogP contribution in [0.1, 0.15) is 29.7 Å². The van der Waals surface area contributed by atoms with Gasteiger partial charge in [0.2, 0.25) is 0 Å². The van der Waals surface area contributed by atoms with Gasteiger partial charge in [-0.15, -0.1) is 0 Å². The van der Waals surface area contributed by atoms with E-state index in [0.717, 1.165) is 18.5 Å². The third-order valence-corrected chi connectivity index (χ3v) is 2.74. The van der Waals surface area contributed by atoms with Crippen LogP contribution in [0.4, 0.5) is 13.2 Å². The van der Waals surface area contributed by atoms with Crippen LogP contribution in [0, 0.1) is 0 Å². The molecule has 2 heterocycles. The first-order valence-electron chi connectivity index (χ1n) is 5.65. The first-order valence-corrected chi connectivity index (χ1v) is 5.65. The van der Waals surface area contributed by atoms with Crippen molar-refractivity contribution in [3.05, 3.63) is 47.5 Å². The molecule has 2 aromatic heterocycles. The highest BCUT2D eigenvalue weighted by Crippen LogP contribution is 2.35. The van der Waals surface area contributed by atoms with Crippen molar-refractivity contribution in [1.29, 1.82) is 0 Å². The lowest BCUT2D eigenvalue weighted by molar-refractivity contribution is -0.139. The molecule has 0 aliphatic carbocycles. The Balaban J connectivity index is 2.41. The molecule has 0 bridgehead atoms. The summed E-state index contributed by atoms with van der Waals surface area (Å²) >= 11 is 0. The predicted molar refractivity (Wildman–Crippen MR) is 61.2 cm³/mol. The Morgan fingerprint density at radius 2 is 2.11 bits per heavy atom.